The largest absolute Gasteiger partial charge is 0.393 e. The van der Waals surface area contributed by atoms with Crippen LogP contribution in [0.5, 0.6) is 0 Å². The van der Waals surface area contributed by atoms with Gasteiger partial charge in [-0.05, 0) is 25.3 Å². The number of aryl methyl sites for hydroxylation is 1. The summed E-state index contributed by atoms with van der Waals surface area (Å²) < 4.78 is 0. The molecule has 0 bridgehead atoms. The minimum absolute atomic E-state index is 0.0123. The number of non-ortho nitro benzene ring substituents is 1. The molecule has 0 spiro atoms. The zero-order chi connectivity index (χ0) is 13.3. The van der Waals surface area contributed by atoms with Gasteiger partial charge in [-0.3, -0.25) is 10.1 Å². The molecule has 6 heteroatoms. The summed E-state index contributed by atoms with van der Waals surface area (Å²) in [6.45, 7) is 3.26. The van der Waals surface area contributed by atoms with Crippen molar-refractivity contribution in [1.29, 1.82) is 0 Å². The molecule has 0 amide bonds. The van der Waals surface area contributed by atoms with Gasteiger partial charge in [0.2, 0.25) is 0 Å². The number of anilines is 1. The lowest BCUT2D eigenvalue weighted by Crippen LogP contribution is -2.36. The van der Waals surface area contributed by atoms with Crippen molar-refractivity contribution in [2.75, 3.05) is 18.0 Å². The van der Waals surface area contributed by atoms with E-state index in [4.69, 9.17) is 11.6 Å². The first-order valence-electron chi connectivity index (χ1n) is 5.86. The molecule has 1 fully saturated rings. The molecule has 0 atom stereocenters. The summed E-state index contributed by atoms with van der Waals surface area (Å²) in [4.78, 5) is 12.4. The minimum Gasteiger partial charge on any atom is -0.393 e. The molecule has 0 saturated carbocycles. The molecule has 0 aliphatic carbocycles. The van der Waals surface area contributed by atoms with Crippen molar-refractivity contribution < 1.29 is 10.0 Å². The molecular weight excluding hydrogens is 256 g/mol. The number of halogens is 1. The van der Waals surface area contributed by atoms with Gasteiger partial charge in [-0.25, -0.2) is 0 Å². The van der Waals surface area contributed by atoms with E-state index in [1.165, 1.54) is 12.1 Å². The lowest BCUT2D eigenvalue weighted by molar-refractivity contribution is -0.384. The lowest BCUT2D eigenvalue weighted by Gasteiger charge is -2.33. The maximum atomic E-state index is 10.7. The highest BCUT2D eigenvalue weighted by molar-refractivity contribution is 6.33. The van der Waals surface area contributed by atoms with Crippen LogP contribution in [-0.2, 0) is 0 Å². The van der Waals surface area contributed by atoms with Gasteiger partial charge in [-0.15, -0.1) is 0 Å². The van der Waals surface area contributed by atoms with Crippen LogP contribution in [0.4, 0.5) is 11.4 Å². The second-order valence-corrected chi connectivity index (χ2v) is 4.98. The third kappa shape index (κ3) is 2.57. The summed E-state index contributed by atoms with van der Waals surface area (Å²) in [6.07, 6.45) is 1.15. The van der Waals surface area contributed by atoms with Crippen molar-refractivity contribution in [1.82, 2.24) is 0 Å². The number of rotatable bonds is 2. The van der Waals surface area contributed by atoms with Crippen molar-refractivity contribution in [2.45, 2.75) is 25.9 Å². The third-order valence-corrected chi connectivity index (χ3v) is 3.52. The third-order valence-electron chi connectivity index (χ3n) is 3.23. The molecule has 2 rings (SSSR count). The molecule has 0 radical (unpaired) electrons. The number of nitrogens with zero attached hydrogens (tertiary/aromatic N) is 2. The Hall–Kier alpha value is -1.33. The normalized spacial score (nSPS) is 16.9. The Morgan fingerprint density at radius 2 is 2.06 bits per heavy atom. The quantitative estimate of drug-likeness (QED) is 0.662. The van der Waals surface area contributed by atoms with Crippen LogP contribution in [0.25, 0.3) is 0 Å². The average molecular weight is 271 g/mol. The van der Waals surface area contributed by atoms with Crippen molar-refractivity contribution in [3.8, 4) is 0 Å². The molecule has 1 aromatic rings. The molecule has 1 saturated heterocycles. The highest BCUT2D eigenvalue weighted by Crippen LogP contribution is 2.35. The molecule has 1 heterocycles. The second-order valence-electron chi connectivity index (χ2n) is 4.57. The average Bonchev–Trinajstić information content (AvgIpc) is 2.30. The molecule has 98 valence electrons. The summed E-state index contributed by atoms with van der Waals surface area (Å²) in [5.74, 6) is 0. The number of aliphatic hydroxyl groups excluding tert-OH is 1. The van der Waals surface area contributed by atoms with E-state index in [0.29, 0.717) is 17.9 Å². The molecular formula is C12H15ClN2O3. The van der Waals surface area contributed by atoms with Gasteiger partial charge >= 0.3 is 0 Å². The molecule has 1 N–H and O–H groups in total. The summed E-state index contributed by atoms with van der Waals surface area (Å²) in [5, 5.41) is 20.6. The summed E-state index contributed by atoms with van der Waals surface area (Å²) in [5.41, 5.74) is 1.65. The van der Waals surface area contributed by atoms with E-state index in [0.717, 1.165) is 24.3 Å². The van der Waals surface area contributed by atoms with Crippen LogP contribution in [0, 0.1) is 17.0 Å². The van der Waals surface area contributed by atoms with Crippen molar-refractivity contribution in [3.63, 3.8) is 0 Å². The molecule has 0 unspecified atom stereocenters. The van der Waals surface area contributed by atoms with E-state index in [-0.39, 0.29) is 11.8 Å². The Labute approximate surface area is 110 Å². The van der Waals surface area contributed by atoms with E-state index in [9.17, 15) is 15.2 Å². The van der Waals surface area contributed by atoms with Gasteiger partial charge in [0, 0.05) is 25.2 Å². The van der Waals surface area contributed by atoms with E-state index < -0.39 is 4.92 Å². The summed E-state index contributed by atoms with van der Waals surface area (Å²) in [7, 11) is 0. The van der Waals surface area contributed by atoms with Crippen LogP contribution >= 0.6 is 11.6 Å². The number of benzene rings is 1. The molecule has 5 nitrogen and oxygen atoms in total. The Balaban J connectivity index is 2.31. The van der Waals surface area contributed by atoms with Gasteiger partial charge < -0.3 is 10.0 Å². The van der Waals surface area contributed by atoms with Gasteiger partial charge in [0.15, 0.2) is 0 Å². The van der Waals surface area contributed by atoms with Gasteiger partial charge in [-0.2, -0.15) is 0 Å². The highest BCUT2D eigenvalue weighted by atomic mass is 35.5. The fourth-order valence-electron chi connectivity index (χ4n) is 2.31. The van der Waals surface area contributed by atoms with Crippen molar-refractivity contribution in [2.24, 2.45) is 0 Å². The molecule has 18 heavy (non-hydrogen) atoms. The smallest absolute Gasteiger partial charge is 0.271 e. The first kappa shape index (κ1) is 13.1. The Morgan fingerprint density at radius 1 is 1.44 bits per heavy atom. The van der Waals surface area contributed by atoms with Crippen molar-refractivity contribution >= 4 is 23.0 Å². The van der Waals surface area contributed by atoms with E-state index in [1.54, 1.807) is 0 Å². The Kier molecular flexibility index (Phi) is 3.73. The molecule has 1 aliphatic heterocycles. The number of hydrogen-bond donors (Lipinski definition) is 1. The minimum atomic E-state index is -0.442. The summed E-state index contributed by atoms with van der Waals surface area (Å²) >= 11 is 6.14. The predicted octanol–water partition coefficient (Wildman–Crippen LogP) is 2.52. The number of nitro benzene ring substituents is 1. The van der Waals surface area contributed by atoms with Crippen LogP contribution < -0.4 is 4.90 Å². The maximum absolute atomic E-state index is 10.7. The van der Waals surface area contributed by atoms with Crippen LogP contribution in [0.15, 0.2) is 12.1 Å². The second kappa shape index (κ2) is 5.12. The van der Waals surface area contributed by atoms with E-state index >= 15 is 0 Å². The first-order valence-corrected chi connectivity index (χ1v) is 6.24. The number of aliphatic hydroxyl groups is 1. The zero-order valence-electron chi connectivity index (χ0n) is 10.1. The number of hydrogen-bond acceptors (Lipinski definition) is 4. The first-order chi connectivity index (χ1) is 8.49. The highest BCUT2D eigenvalue weighted by Gasteiger charge is 2.22. The van der Waals surface area contributed by atoms with Crippen LogP contribution in [0.3, 0.4) is 0 Å². The summed E-state index contributed by atoms with van der Waals surface area (Å²) in [6, 6.07) is 2.92. The van der Waals surface area contributed by atoms with Crippen molar-refractivity contribution in [3.05, 3.63) is 32.8 Å². The van der Waals surface area contributed by atoms with E-state index in [2.05, 4.69) is 4.90 Å². The predicted molar refractivity (Wildman–Crippen MR) is 70.3 cm³/mol. The number of nitro groups is 1. The Bertz CT molecular complexity index is 447. The Morgan fingerprint density at radius 3 is 2.56 bits per heavy atom. The van der Waals surface area contributed by atoms with E-state index in [1.807, 2.05) is 6.92 Å². The van der Waals surface area contributed by atoms with Gasteiger partial charge in [0.1, 0.15) is 0 Å². The zero-order valence-corrected chi connectivity index (χ0v) is 10.9. The number of piperidine rings is 1. The fraction of sp³-hybridized carbons (Fsp3) is 0.500. The van der Waals surface area contributed by atoms with Gasteiger partial charge in [0.05, 0.1) is 21.7 Å². The van der Waals surface area contributed by atoms with Gasteiger partial charge in [-0.1, -0.05) is 11.6 Å². The standard InChI is InChI=1S/C12H15ClN2O3/c1-8-6-9(15(17)18)7-11(13)12(8)14-4-2-10(16)3-5-14/h6-7,10,16H,2-5H2,1H3. The molecule has 1 aliphatic rings. The van der Waals surface area contributed by atoms with Crippen LogP contribution in [-0.4, -0.2) is 29.2 Å². The molecule has 1 aromatic carbocycles. The maximum Gasteiger partial charge on any atom is 0.271 e. The topological polar surface area (TPSA) is 66.6 Å². The van der Waals surface area contributed by atoms with Gasteiger partial charge in [0.25, 0.3) is 5.69 Å². The molecule has 0 aromatic heterocycles. The SMILES string of the molecule is Cc1cc([N+](=O)[O-])cc(Cl)c1N1CCC(O)CC1. The monoisotopic (exact) mass is 270 g/mol. The lowest BCUT2D eigenvalue weighted by atomic mass is 10.1. The van der Waals surface area contributed by atoms with Crippen LogP contribution in [0.2, 0.25) is 5.02 Å². The fourth-order valence-corrected chi connectivity index (χ4v) is 2.69. The van der Waals surface area contributed by atoms with Crippen LogP contribution in [0.1, 0.15) is 18.4 Å².